The van der Waals surface area contributed by atoms with Crippen molar-refractivity contribution < 1.29 is 13.7 Å². The van der Waals surface area contributed by atoms with Gasteiger partial charge in [-0.1, -0.05) is 5.16 Å². The van der Waals surface area contributed by atoms with Gasteiger partial charge in [0.15, 0.2) is 5.76 Å². The third kappa shape index (κ3) is 2.73. The monoisotopic (exact) mass is 326 g/mol. The van der Waals surface area contributed by atoms with Crippen molar-refractivity contribution in [3.63, 3.8) is 0 Å². The highest BCUT2D eigenvalue weighted by atomic mass is 16.5. The SMILES string of the molecule is O=C(NCCCn1ccnc1)C1(c2cc(-c3ccco3)on2)CC1. The number of aryl methyl sites for hydroxylation is 1. The van der Waals surface area contributed by atoms with Gasteiger partial charge in [-0.3, -0.25) is 4.79 Å². The number of aromatic nitrogens is 3. The second-order valence-corrected chi connectivity index (χ2v) is 6.05. The molecule has 0 aliphatic heterocycles. The molecule has 3 aromatic heterocycles. The Bertz CT molecular complexity index is 801. The summed E-state index contributed by atoms with van der Waals surface area (Å²) >= 11 is 0. The summed E-state index contributed by atoms with van der Waals surface area (Å²) in [6.07, 6.45) is 9.46. The number of hydrogen-bond donors (Lipinski definition) is 1. The fourth-order valence-corrected chi connectivity index (χ4v) is 2.81. The van der Waals surface area contributed by atoms with E-state index in [-0.39, 0.29) is 5.91 Å². The van der Waals surface area contributed by atoms with Crippen LogP contribution >= 0.6 is 0 Å². The lowest BCUT2D eigenvalue weighted by Crippen LogP contribution is -2.35. The van der Waals surface area contributed by atoms with Crippen LogP contribution in [0, 0.1) is 0 Å². The quantitative estimate of drug-likeness (QED) is 0.674. The van der Waals surface area contributed by atoms with E-state index in [0.717, 1.165) is 25.8 Å². The van der Waals surface area contributed by atoms with Crippen LogP contribution in [0.3, 0.4) is 0 Å². The molecule has 1 aliphatic rings. The molecular weight excluding hydrogens is 308 g/mol. The molecule has 7 heteroatoms. The van der Waals surface area contributed by atoms with Gasteiger partial charge in [0.25, 0.3) is 0 Å². The summed E-state index contributed by atoms with van der Waals surface area (Å²) in [7, 11) is 0. The van der Waals surface area contributed by atoms with E-state index in [2.05, 4.69) is 15.5 Å². The van der Waals surface area contributed by atoms with Crippen LogP contribution in [0.15, 0.2) is 52.1 Å². The van der Waals surface area contributed by atoms with Crippen molar-refractivity contribution in [3.05, 3.63) is 48.9 Å². The number of carbonyl (C=O) groups excluding carboxylic acids is 1. The molecule has 1 saturated carbocycles. The molecule has 0 atom stereocenters. The van der Waals surface area contributed by atoms with Gasteiger partial charge in [0, 0.05) is 31.5 Å². The van der Waals surface area contributed by atoms with Gasteiger partial charge in [-0.15, -0.1) is 0 Å². The molecule has 1 N–H and O–H groups in total. The van der Waals surface area contributed by atoms with Gasteiger partial charge < -0.3 is 18.8 Å². The summed E-state index contributed by atoms with van der Waals surface area (Å²) in [6, 6.07) is 5.40. The lowest BCUT2D eigenvalue weighted by atomic mass is 10.0. The van der Waals surface area contributed by atoms with E-state index < -0.39 is 5.41 Å². The van der Waals surface area contributed by atoms with Gasteiger partial charge in [-0.05, 0) is 31.4 Å². The summed E-state index contributed by atoms with van der Waals surface area (Å²) < 4.78 is 12.6. The maximum Gasteiger partial charge on any atom is 0.232 e. The van der Waals surface area contributed by atoms with Gasteiger partial charge in [0.2, 0.25) is 11.7 Å². The Labute approximate surface area is 138 Å². The summed E-state index contributed by atoms with van der Waals surface area (Å²) in [6.45, 7) is 1.46. The van der Waals surface area contributed by atoms with Crippen LogP contribution < -0.4 is 5.32 Å². The Balaban J connectivity index is 1.35. The van der Waals surface area contributed by atoms with Crippen LogP contribution in [0.2, 0.25) is 0 Å². The Morgan fingerprint density at radius 1 is 1.38 bits per heavy atom. The number of rotatable bonds is 7. The fourth-order valence-electron chi connectivity index (χ4n) is 2.81. The molecule has 124 valence electrons. The van der Waals surface area contributed by atoms with Crippen molar-refractivity contribution in [2.24, 2.45) is 0 Å². The molecular formula is C17H18N4O3. The van der Waals surface area contributed by atoms with E-state index >= 15 is 0 Å². The smallest absolute Gasteiger partial charge is 0.232 e. The number of imidazole rings is 1. The van der Waals surface area contributed by atoms with Crippen LogP contribution in [0.25, 0.3) is 11.5 Å². The summed E-state index contributed by atoms with van der Waals surface area (Å²) in [5.41, 5.74) is 0.143. The summed E-state index contributed by atoms with van der Waals surface area (Å²) in [5.74, 6) is 1.19. The molecule has 4 rings (SSSR count). The van der Waals surface area contributed by atoms with Crippen LogP contribution in [0.5, 0.6) is 0 Å². The van der Waals surface area contributed by atoms with E-state index in [4.69, 9.17) is 8.94 Å². The van der Waals surface area contributed by atoms with E-state index in [0.29, 0.717) is 23.8 Å². The first-order chi connectivity index (χ1) is 11.8. The Hall–Kier alpha value is -2.83. The lowest BCUT2D eigenvalue weighted by Gasteiger charge is -2.12. The first kappa shape index (κ1) is 14.7. The summed E-state index contributed by atoms with van der Waals surface area (Å²) in [5, 5.41) is 7.10. The fraction of sp³-hybridized carbons (Fsp3) is 0.353. The first-order valence-electron chi connectivity index (χ1n) is 8.03. The minimum Gasteiger partial charge on any atom is -0.461 e. The number of carbonyl (C=O) groups is 1. The minimum atomic E-state index is -0.538. The molecule has 0 radical (unpaired) electrons. The van der Waals surface area contributed by atoms with Gasteiger partial charge >= 0.3 is 0 Å². The van der Waals surface area contributed by atoms with E-state index in [9.17, 15) is 4.79 Å². The van der Waals surface area contributed by atoms with Crippen LogP contribution in [0.1, 0.15) is 25.0 Å². The highest BCUT2D eigenvalue weighted by Gasteiger charge is 2.53. The highest BCUT2D eigenvalue weighted by molar-refractivity contribution is 5.90. The third-order valence-corrected chi connectivity index (χ3v) is 4.39. The van der Waals surface area contributed by atoms with Crippen LogP contribution in [-0.4, -0.2) is 27.2 Å². The number of nitrogens with zero attached hydrogens (tertiary/aromatic N) is 3. The van der Waals surface area contributed by atoms with E-state index in [1.165, 1.54) is 0 Å². The van der Waals surface area contributed by atoms with Crippen molar-refractivity contribution in [2.75, 3.05) is 6.54 Å². The Kier molecular flexibility index (Phi) is 3.68. The van der Waals surface area contributed by atoms with Gasteiger partial charge in [0.05, 0.1) is 23.7 Å². The number of hydrogen-bond acceptors (Lipinski definition) is 5. The second-order valence-electron chi connectivity index (χ2n) is 6.05. The molecule has 0 bridgehead atoms. The maximum atomic E-state index is 12.5. The molecule has 0 spiro atoms. The van der Waals surface area contributed by atoms with Crippen molar-refractivity contribution in [1.29, 1.82) is 0 Å². The predicted octanol–water partition coefficient (Wildman–Crippen LogP) is 2.37. The zero-order valence-electron chi connectivity index (χ0n) is 13.1. The molecule has 3 aromatic rings. The molecule has 0 unspecified atom stereocenters. The highest BCUT2D eigenvalue weighted by Crippen LogP contribution is 2.48. The standard InChI is InChI=1S/C17H18N4O3/c22-16(19-6-2-8-21-9-7-18-12-21)17(4-5-17)15-11-14(24-20-15)13-3-1-10-23-13/h1,3,7,9-12H,2,4-6,8H2,(H,19,22). The van der Waals surface area contributed by atoms with Crippen molar-refractivity contribution >= 4 is 5.91 Å². The average molecular weight is 326 g/mol. The summed E-state index contributed by atoms with van der Waals surface area (Å²) in [4.78, 5) is 16.5. The lowest BCUT2D eigenvalue weighted by molar-refractivity contribution is -0.123. The average Bonchev–Trinajstić information content (AvgIpc) is 3.07. The molecule has 0 saturated heterocycles. The first-order valence-corrected chi connectivity index (χ1v) is 8.03. The van der Waals surface area contributed by atoms with E-state index in [1.54, 1.807) is 37.0 Å². The van der Waals surface area contributed by atoms with Gasteiger partial charge in [-0.25, -0.2) is 4.98 Å². The largest absolute Gasteiger partial charge is 0.461 e. The van der Waals surface area contributed by atoms with Crippen molar-refractivity contribution in [2.45, 2.75) is 31.2 Å². The van der Waals surface area contributed by atoms with Gasteiger partial charge in [-0.2, -0.15) is 0 Å². The molecule has 3 heterocycles. The van der Waals surface area contributed by atoms with Gasteiger partial charge in [0.1, 0.15) is 0 Å². The van der Waals surface area contributed by atoms with E-state index in [1.807, 2.05) is 10.8 Å². The molecule has 1 fully saturated rings. The number of amides is 1. The number of nitrogens with one attached hydrogen (secondary N) is 1. The number of furan rings is 1. The minimum absolute atomic E-state index is 0.0208. The third-order valence-electron chi connectivity index (χ3n) is 4.39. The zero-order valence-corrected chi connectivity index (χ0v) is 13.1. The normalized spacial score (nSPS) is 15.3. The molecule has 7 nitrogen and oxygen atoms in total. The molecule has 0 aromatic carbocycles. The Morgan fingerprint density at radius 2 is 2.29 bits per heavy atom. The van der Waals surface area contributed by atoms with Crippen molar-refractivity contribution in [3.8, 4) is 11.5 Å². The molecule has 1 aliphatic carbocycles. The maximum absolute atomic E-state index is 12.5. The second kappa shape index (κ2) is 5.99. The Morgan fingerprint density at radius 3 is 3.00 bits per heavy atom. The molecule has 1 amide bonds. The van der Waals surface area contributed by atoms with Crippen LogP contribution in [-0.2, 0) is 16.8 Å². The topological polar surface area (TPSA) is 86.1 Å². The molecule has 24 heavy (non-hydrogen) atoms. The van der Waals surface area contributed by atoms with Crippen LogP contribution in [0.4, 0.5) is 0 Å². The zero-order chi connectivity index (χ0) is 16.4. The predicted molar refractivity (Wildman–Crippen MR) is 85.0 cm³/mol. The van der Waals surface area contributed by atoms with Crippen molar-refractivity contribution in [1.82, 2.24) is 20.0 Å².